The maximum absolute atomic E-state index is 13.8. The molecule has 1 N–H and O–H groups in total. The number of carbonyl (C=O) groups is 1. The standard InChI is InChI=1S/C23H24F2N6O2/c1-13(9-16-12-30(3)29-14(16)2)27-23(32)18-11-26-31-20(21(24)25)10-19(28-22(18)31)15-5-7-17(33-4)8-6-15/h5-8,10-13,21H,9H2,1-4H3,(H,27,32)/t13-/m1/s1. The van der Waals surface area contributed by atoms with Crippen LogP contribution in [0.4, 0.5) is 8.78 Å². The molecule has 0 aliphatic rings. The Morgan fingerprint density at radius 3 is 2.58 bits per heavy atom. The molecule has 4 rings (SSSR count). The summed E-state index contributed by atoms with van der Waals surface area (Å²) >= 11 is 0. The number of halogens is 2. The van der Waals surface area contributed by atoms with E-state index in [0.29, 0.717) is 23.4 Å². The Kier molecular flexibility index (Phi) is 6.08. The predicted molar refractivity (Wildman–Crippen MR) is 119 cm³/mol. The van der Waals surface area contributed by atoms with Gasteiger partial charge in [0.15, 0.2) is 5.65 Å². The highest BCUT2D eigenvalue weighted by atomic mass is 19.3. The van der Waals surface area contributed by atoms with Gasteiger partial charge in [0.1, 0.15) is 17.0 Å². The molecular formula is C23H24F2N6O2. The second kappa shape index (κ2) is 8.97. The molecule has 0 radical (unpaired) electrons. The Hall–Kier alpha value is -3.82. The largest absolute Gasteiger partial charge is 0.497 e. The maximum atomic E-state index is 13.8. The van der Waals surface area contributed by atoms with Crippen molar-refractivity contribution < 1.29 is 18.3 Å². The third-order valence-corrected chi connectivity index (χ3v) is 5.37. The van der Waals surface area contributed by atoms with E-state index in [-0.39, 0.29) is 22.9 Å². The summed E-state index contributed by atoms with van der Waals surface area (Å²) < 4.78 is 35.5. The lowest BCUT2D eigenvalue weighted by molar-refractivity contribution is 0.0941. The monoisotopic (exact) mass is 454 g/mol. The van der Waals surface area contributed by atoms with Crippen molar-refractivity contribution in [1.29, 1.82) is 0 Å². The number of nitrogens with one attached hydrogen (secondary N) is 1. The molecule has 1 amide bonds. The number of methoxy groups -OCH3 is 1. The van der Waals surface area contributed by atoms with Gasteiger partial charge in [0.2, 0.25) is 0 Å². The van der Waals surface area contributed by atoms with Crippen molar-refractivity contribution in [2.45, 2.75) is 32.7 Å². The molecule has 33 heavy (non-hydrogen) atoms. The van der Waals surface area contributed by atoms with Crippen molar-refractivity contribution >= 4 is 11.6 Å². The summed E-state index contributed by atoms with van der Waals surface area (Å²) in [5, 5.41) is 11.2. The van der Waals surface area contributed by atoms with Gasteiger partial charge in [0.25, 0.3) is 12.3 Å². The number of fused-ring (bicyclic) bond motifs is 1. The van der Waals surface area contributed by atoms with Crippen molar-refractivity contribution in [2.75, 3.05) is 7.11 Å². The SMILES string of the molecule is COc1ccc(-c2cc(C(F)F)n3ncc(C(=O)N[C@H](C)Cc4cn(C)nc4C)c3n2)cc1. The number of benzene rings is 1. The topological polar surface area (TPSA) is 86.3 Å². The molecule has 0 saturated heterocycles. The first kappa shape index (κ1) is 22.4. The van der Waals surface area contributed by atoms with Crippen LogP contribution in [-0.4, -0.2) is 43.4 Å². The lowest BCUT2D eigenvalue weighted by Gasteiger charge is -2.13. The van der Waals surface area contributed by atoms with E-state index in [1.807, 2.05) is 27.1 Å². The van der Waals surface area contributed by atoms with Crippen LogP contribution in [0.2, 0.25) is 0 Å². The van der Waals surface area contributed by atoms with Gasteiger partial charge < -0.3 is 10.1 Å². The first-order chi connectivity index (χ1) is 15.8. The highest BCUT2D eigenvalue weighted by Crippen LogP contribution is 2.28. The van der Waals surface area contributed by atoms with E-state index < -0.39 is 12.3 Å². The van der Waals surface area contributed by atoms with Gasteiger partial charge >= 0.3 is 0 Å². The zero-order chi connectivity index (χ0) is 23.7. The van der Waals surface area contributed by atoms with Crippen LogP contribution in [0.25, 0.3) is 16.9 Å². The molecule has 0 fully saturated rings. The summed E-state index contributed by atoms with van der Waals surface area (Å²) in [7, 11) is 3.38. The lowest BCUT2D eigenvalue weighted by Crippen LogP contribution is -2.34. The summed E-state index contributed by atoms with van der Waals surface area (Å²) in [5.74, 6) is 0.204. The van der Waals surface area contributed by atoms with E-state index in [1.54, 1.807) is 36.1 Å². The van der Waals surface area contributed by atoms with Crippen LogP contribution in [0.5, 0.6) is 5.75 Å². The number of alkyl halides is 2. The second-order valence-corrected chi connectivity index (χ2v) is 7.88. The van der Waals surface area contributed by atoms with Crippen LogP contribution in [0.3, 0.4) is 0 Å². The Morgan fingerprint density at radius 1 is 1.24 bits per heavy atom. The summed E-state index contributed by atoms with van der Waals surface area (Å²) in [6, 6.07) is 7.95. The molecule has 4 aromatic rings. The lowest BCUT2D eigenvalue weighted by atomic mass is 10.1. The van der Waals surface area contributed by atoms with Gasteiger partial charge in [-0.25, -0.2) is 18.3 Å². The third kappa shape index (κ3) is 4.55. The molecular weight excluding hydrogens is 430 g/mol. The van der Waals surface area contributed by atoms with Crippen LogP contribution in [-0.2, 0) is 13.5 Å². The number of hydrogen-bond donors (Lipinski definition) is 1. The molecule has 8 nitrogen and oxygen atoms in total. The van der Waals surface area contributed by atoms with Gasteiger partial charge in [-0.1, -0.05) is 0 Å². The van der Waals surface area contributed by atoms with Crippen LogP contribution in [0, 0.1) is 6.92 Å². The van der Waals surface area contributed by atoms with Gasteiger partial charge in [-0.05, 0) is 56.2 Å². The molecule has 3 aromatic heterocycles. The number of nitrogens with zero attached hydrogens (tertiary/aromatic N) is 5. The van der Waals surface area contributed by atoms with Gasteiger partial charge in [0, 0.05) is 24.8 Å². The van der Waals surface area contributed by atoms with Gasteiger partial charge in [-0.2, -0.15) is 10.2 Å². The quantitative estimate of drug-likeness (QED) is 0.460. The minimum Gasteiger partial charge on any atom is -0.497 e. The number of carbonyl (C=O) groups excluding carboxylic acids is 1. The number of rotatable bonds is 7. The second-order valence-electron chi connectivity index (χ2n) is 7.88. The molecule has 1 atom stereocenters. The van der Waals surface area contributed by atoms with Crippen molar-refractivity contribution in [3.05, 3.63) is 65.2 Å². The highest BCUT2D eigenvalue weighted by molar-refractivity contribution is 6.00. The molecule has 0 spiro atoms. The van der Waals surface area contributed by atoms with Gasteiger partial charge in [0.05, 0.1) is 24.7 Å². The fourth-order valence-electron chi connectivity index (χ4n) is 3.74. The molecule has 0 aliphatic carbocycles. The molecule has 1 aromatic carbocycles. The fourth-order valence-corrected chi connectivity index (χ4v) is 3.74. The van der Waals surface area contributed by atoms with E-state index in [9.17, 15) is 13.6 Å². The van der Waals surface area contributed by atoms with E-state index in [4.69, 9.17) is 4.74 Å². The van der Waals surface area contributed by atoms with Crippen molar-refractivity contribution in [3.63, 3.8) is 0 Å². The first-order valence-electron chi connectivity index (χ1n) is 10.4. The first-order valence-corrected chi connectivity index (χ1v) is 10.4. The molecule has 0 aliphatic heterocycles. The Bertz CT molecular complexity index is 1300. The van der Waals surface area contributed by atoms with Crippen LogP contribution < -0.4 is 10.1 Å². The minimum atomic E-state index is -2.80. The maximum Gasteiger partial charge on any atom is 0.280 e. The van der Waals surface area contributed by atoms with E-state index in [0.717, 1.165) is 15.8 Å². The number of aromatic nitrogens is 5. The van der Waals surface area contributed by atoms with E-state index in [1.165, 1.54) is 12.3 Å². The highest BCUT2D eigenvalue weighted by Gasteiger charge is 2.22. The molecule has 172 valence electrons. The van der Waals surface area contributed by atoms with Crippen molar-refractivity contribution in [2.24, 2.45) is 7.05 Å². The number of hydrogen-bond acceptors (Lipinski definition) is 5. The Morgan fingerprint density at radius 2 is 1.97 bits per heavy atom. The zero-order valence-corrected chi connectivity index (χ0v) is 18.7. The molecule has 10 heteroatoms. The number of amides is 1. The summed E-state index contributed by atoms with van der Waals surface area (Å²) in [6.07, 6.45) is 0.960. The Balaban J connectivity index is 1.66. The molecule has 0 bridgehead atoms. The van der Waals surface area contributed by atoms with Gasteiger partial charge in [-0.15, -0.1) is 0 Å². The zero-order valence-electron chi connectivity index (χ0n) is 18.7. The third-order valence-electron chi connectivity index (χ3n) is 5.37. The van der Waals surface area contributed by atoms with Crippen molar-refractivity contribution in [3.8, 4) is 17.0 Å². The number of ether oxygens (including phenoxy) is 1. The van der Waals surface area contributed by atoms with Crippen LogP contribution >= 0.6 is 0 Å². The average molecular weight is 454 g/mol. The normalized spacial score (nSPS) is 12.3. The van der Waals surface area contributed by atoms with E-state index >= 15 is 0 Å². The van der Waals surface area contributed by atoms with E-state index in [2.05, 4.69) is 20.5 Å². The average Bonchev–Trinajstić information content (AvgIpc) is 3.35. The fraction of sp³-hybridized carbons (Fsp3) is 0.304. The Labute approximate surface area is 189 Å². The predicted octanol–water partition coefficient (Wildman–Crippen LogP) is 3.75. The molecule has 0 unspecified atom stereocenters. The minimum absolute atomic E-state index is 0.0703. The van der Waals surface area contributed by atoms with Crippen LogP contribution in [0.15, 0.2) is 42.7 Å². The summed E-state index contributed by atoms with van der Waals surface area (Å²) in [4.78, 5) is 17.5. The summed E-state index contributed by atoms with van der Waals surface area (Å²) in [6.45, 7) is 3.78. The van der Waals surface area contributed by atoms with Gasteiger partial charge in [-0.3, -0.25) is 9.48 Å². The van der Waals surface area contributed by atoms with Crippen molar-refractivity contribution in [1.82, 2.24) is 29.7 Å². The molecule has 3 heterocycles. The molecule has 0 saturated carbocycles. The smallest absolute Gasteiger partial charge is 0.280 e. The van der Waals surface area contributed by atoms with Crippen LogP contribution in [0.1, 0.15) is 40.7 Å². The summed E-state index contributed by atoms with van der Waals surface area (Å²) in [5.41, 5.74) is 2.70. The number of aryl methyl sites for hydroxylation is 2.